The molecular weight excluding hydrogens is 627 g/mol. The van der Waals surface area contributed by atoms with Gasteiger partial charge in [-0.05, 0) is 61.9 Å². The van der Waals surface area contributed by atoms with Crippen molar-refractivity contribution in [1.82, 2.24) is 19.7 Å². The van der Waals surface area contributed by atoms with Crippen LogP contribution in [-0.4, -0.2) is 50.6 Å². The fourth-order valence-corrected chi connectivity index (χ4v) is 5.38. The minimum absolute atomic E-state index is 0.0178. The Balaban J connectivity index is 1.49. The Labute approximate surface area is 256 Å². The van der Waals surface area contributed by atoms with Crippen LogP contribution in [0.15, 0.2) is 42.7 Å². The molecule has 45 heavy (non-hydrogen) atoms. The van der Waals surface area contributed by atoms with Gasteiger partial charge in [0.15, 0.2) is 11.4 Å². The molecule has 2 aliphatic rings. The predicted octanol–water partition coefficient (Wildman–Crippen LogP) is 5.81. The Morgan fingerprint density at radius 3 is 2.62 bits per heavy atom. The van der Waals surface area contributed by atoms with Crippen LogP contribution in [-0.2, 0) is 22.5 Å². The van der Waals surface area contributed by atoms with E-state index in [-0.39, 0.29) is 57.3 Å². The van der Waals surface area contributed by atoms with Crippen molar-refractivity contribution < 1.29 is 41.0 Å². The second-order valence-electron chi connectivity index (χ2n) is 10.9. The van der Waals surface area contributed by atoms with Crippen molar-refractivity contribution in [2.75, 3.05) is 11.5 Å². The Kier molecular flexibility index (Phi) is 7.64. The van der Waals surface area contributed by atoms with E-state index in [2.05, 4.69) is 19.8 Å². The fraction of sp³-hybridized carbons (Fsp3) is 0.345. The monoisotopic (exact) mass is 650 g/mol. The van der Waals surface area contributed by atoms with Crippen LogP contribution in [0, 0.1) is 5.92 Å². The molecule has 1 saturated carbocycles. The van der Waals surface area contributed by atoms with Gasteiger partial charge in [-0.1, -0.05) is 17.7 Å². The second-order valence-corrected chi connectivity index (χ2v) is 11.3. The average Bonchev–Trinajstić information content (AvgIpc) is 3.69. The molecule has 1 atom stereocenters. The van der Waals surface area contributed by atoms with Crippen molar-refractivity contribution in [1.29, 1.82) is 0 Å². The largest absolute Gasteiger partial charge is 0.522 e. The summed E-state index contributed by atoms with van der Waals surface area (Å²) in [5.41, 5.74) is 7.02. The SMILES string of the molecule is C[C@H](COC(F)(F)F)n1ncc2c(-c3ccc4c(c3)OC(F)(F)C(=O)N4Cc3ccc(Cl)cn3)c(C(N)=O)c(CC3CC3)nc21. The lowest BCUT2D eigenvalue weighted by molar-refractivity contribution is -0.327. The van der Waals surface area contributed by atoms with Crippen LogP contribution in [0.5, 0.6) is 5.75 Å². The van der Waals surface area contributed by atoms with E-state index in [1.807, 2.05) is 0 Å². The number of carbonyl (C=O) groups excluding carboxylic acids is 2. The topological polar surface area (TPSA) is 125 Å². The zero-order valence-electron chi connectivity index (χ0n) is 23.4. The van der Waals surface area contributed by atoms with Crippen LogP contribution in [0.25, 0.3) is 22.2 Å². The Morgan fingerprint density at radius 2 is 1.98 bits per heavy atom. The molecule has 0 unspecified atom stereocenters. The van der Waals surface area contributed by atoms with E-state index in [0.717, 1.165) is 17.7 Å². The van der Waals surface area contributed by atoms with E-state index >= 15 is 0 Å². The molecule has 4 heterocycles. The lowest BCUT2D eigenvalue weighted by atomic mass is 9.93. The highest BCUT2D eigenvalue weighted by Gasteiger charge is 2.50. The van der Waals surface area contributed by atoms with Crippen molar-refractivity contribution in [3.8, 4) is 16.9 Å². The minimum Gasteiger partial charge on any atom is -0.423 e. The van der Waals surface area contributed by atoms with Crippen LogP contribution >= 0.6 is 11.6 Å². The van der Waals surface area contributed by atoms with Gasteiger partial charge >= 0.3 is 18.4 Å². The van der Waals surface area contributed by atoms with Crippen molar-refractivity contribution >= 4 is 40.1 Å². The Morgan fingerprint density at radius 1 is 1.22 bits per heavy atom. The van der Waals surface area contributed by atoms with Gasteiger partial charge in [-0.2, -0.15) is 13.9 Å². The quantitative estimate of drug-likeness (QED) is 0.227. The maximum atomic E-state index is 14.9. The molecule has 0 saturated heterocycles. The van der Waals surface area contributed by atoms with Crippen molar-refractivity contribution in [2.24, 2.45) is 11.7 Å². The smallest absolute Gasteiger partial charge is 0.423 e. The first-order chi connectivity index (χ1) is 21.2. The average molecular weight is 651 g/mol. The first-order valence-corrected chi connectivity index (χ1v) is 14.1. The van der Waals surface area contributed by atoms with Gasteiger partial charge in [0.25, 0.3) is 5.91 Å². The van der Waals surface area contributed by atoms with Crippen LogP contribution in [0.3, 0.4) is 0 Å². The lowest BCUT2D eigenvalue weighted by Gasteiger charge is -2.33. The van der Waals surface area contributed by atoms with E-state index in [1.54, 1.807) is 0 Å². The van der Waals surface area contributed by atoms with E-state index < -0.39 is 36.9 Å². The molecule has 16 heteroatoms. The summed E-state index contributed by atoms with van der Waals surface area (Å²) < 4.78 is 78.3. The van der Waals surface area contributed by atoms with Crippen molar-refractivity contribution in [3.63, 3.8) is 0 Å². The summed E-state index contributed by atoms with van der Waals surface area (Å²) in [5, 5.41) is 4.80. The number of ether oxygens (including phenoxy) is 2. The number of primary amides is 1. The summed E-state index contributed by atoms with van der Waals surface area (Å²) in [6, 6.07) is 6.19. The lowest BCUT2D eigenvalue weighted by Crippen LogP contribution is -2.50. The molecule has 3 aromatic heterocycles. The van der Waals surface area contributed by atoms with Gasteiger partial charge in [-0.25, -0.2) is 9.67 Å². The standard InChI is InChI=1S/C29H24ClF5N6O4/c1-14(13-44-29(33,34)35)41-26-19(11-38-41)23(24(25(36)42)20(39-26)8-15-2-3-15)16-4-7-21-22(9-16)45-28(31,32)27(43)40(21)12-18-6-5-17(30)10-37-18/h4-7,9-11,14-15H,2-3,8,12-13H2,1H3,(H2,36,42)/t14-/m1/s1. The van der Waals surface area contributed by atoms with Crippen molar-refractivity contribution in [3.05, 3.63) is 64.7 Å². The van der Waals surface area contributed by atoms with Gasteiger partial charge in [0.2, 0.25) is 0 Å². The molecule has 2 amide bonds. The number of fused-ring (bicyclic) bond motifs is 2. The van der Waals surface area contributed by atoms with Crippen LogP contribution in [0.4, 0.5) is 27.6 Å². The number of nitrogens with zero attached hydrogens (tertiary/aromatic N) is 5. The maximum Gasteiger partial charge on any atom is 0.522 e. The molecule has 1 aromatic carbocycles. The number of alkyl halides is 5. The second kappa shape index (κ2) is 11.2. The van der Waals surface area contributed by atoms with Gasteiger partial charge < -0.3 is 10.5 Å². The van der Waals surface area contributed by atoms with E-state index in [4.69, 9.17) is 22.1 Å². The van der Waals surface area contributed by atoms with Crippen LogP contribution < -0.4 is 15.4 Å². The number of carbonyl (C=O) groups is 2. The first kappa shape index (κ1) is 30.6. The molecule has 1 fully saturated rings. The molecule has 0 radical (unpaired) electrons. The fourth-order valence-electron chi connectivity index (χ4n) is 5.26. The predicted molar refractivity (Wildman–Crippen MR) is 151 cm³/mol. The summed E-state index contributed by atoms with van der Waals surface area (Å²) in [6.07, 6.45) is -4.33. The van der Waals surface area contributed by atoms with E-state index in [9.17, 15) is 31.5 Å². The molecule has 236 valence electrons. The Hall–Kier alpha value is -4.37. The highest BCUT2D eigenvalue weighted by molar-refractivity contribution is 6.30. The third kappa shape index (κ3) is 6.14. The van der Waals surface area contributed by atoms with Crippen molar-refractivity contribution in [2.45, 2.75) is 51.2 Å². The summed E-state index contributed by atoms with van der Waals surface area (Å²) in [7, 11) is 0. The highest BCUT2D eigenvalue weighted by atomic mass is 35.5. The number of nitrogens with two attached hydrogens (primary N) is 1. The third-order valence-corrected chi connectivity index (χ3v) is 7.75. The number of pyridine rings is 2. The number of hydrogen-bond donors (Lipinski definition) is 1. The molecular formula is C29H24ClF5N6O4. The number of halogens is 6. The number of aromatic nitrogens is 4. The molecule has 10 nitrogen and oxygen atoms in total. The molecule has 2 N–H and O–H groups in total. The van der Waals surface area contributed by atoms with E-state index in [1.165, 1.54) is 54.3 Å². The molecule has 0 spiro atoms. The van der Waals surface area contributed by atoms with Crippen LogP contribution in [0.2, 0.25) is 5.02 Å². The molecule has 0 bridgehead atoms. The molecule has 1 aliphatic carbocycles. The van der Waals surface area contributed by atoms with Gasteiger partial charge in [-0.15, -0.1) is 13.2 Å². The summed E-state index contributed by atoms with van der Waals surface area (Å²) in [6.45, 7) is 0.377. The van der Waals surface area contributed by atoms with Gasteiger partial charge in [0.05, 0.1) is 53.1 Å². The van der Waals surface area contributed by atoms with Crippen LogP contribution in [0.1, 0.15) is 47.6 Å². The van der Waals surface area contributed by atoms with Gasteiger partial charge in [0, 0.05) is 17.1 Å². The zero-order valence-corrected chi connectivity index (χ0v) is 24.2. The van der Waals surface area contributed by atoms with Gasteiger partial charge in [0.1, 0.15) is 0 Å². The molecule has 4 aromatic rings. The minimum atomic E-state index is -4.86. The third-order valence-electron chi connectivity index (χ3n) is 7.53. The number of anilines is 1. The summed E-state index contributed by atoms with van der Waals surface area (Å²) in [5.74, 6) is -2.60. The molecule has 1 aliphatic heterocycles. The normalized spacial score (nSPS) is 16.9. The first-order valence-electron chi connectivity index (χ1n) is 13.8. The van der Waals surface area contributed by atoms with Gasteiger partial charge in [-0.3, -0.25) is 24.2 Å². The molecule has 6 rings (SSSR count). The highest BCUT2D eigenvalue weighted by Crippen LogP contribution is 2.45. The summed E-state index contributed by atoms with van der Waals surface area (Å²) >= 11 is 5.88. The number of benzene rings is 1. The zero-order chi connectivity index (χ0) is 32.3. The number of rotatable bonds is 9. The Bertz CT molecular complexity index is 1810. The number of amides is 2. The maximum absolute atomic E-state index is 14.9. The number of hydrogen-bond acceptors (Lipinski definition) is 7. The van der Waals surface area contributed by atoms with E-state index in [0.29, 0.717) is 17.1 Å². The summed E-state index contributed by atoms with van der Waals surface area (Å²) in [4.78, 5) is 35.2.